The zero-order valence-electron chi connectivity index (χ0n) is 19.9. The number of nitrogens with one attached hydrogen (secondary N) is 2. The number of fused-ring (bicyclic) bond motifs is 3. The van der Waals surface area contributed by atoms with E-state index in [-0.39, 0.29) is 31.1 Å². The number of rotatable bonds is 8. The summed E-state index contributed by atoms with van der Waals surface area (Å²) in [5.41, 5.74) is 3.90. The number of hydrogen-bond acceptors (Lipinski definition) is 5. The summed E-state index contributed by atoms with van der Waals surface area (Å²) in [4.78, 5) is 36.0. The monoisotopic (exact) mass is 476 g/mol. The molecule has 3 aromatic rings. The van der Waals surface area contributed by atoms with Crippen molar-refractivity contribution in [3.8, 4) is 11.1 Å². The quantitative estimate of drug-likeness (QED) is 0.449. The van der Waals surface area contributed by atoms with Gasteiger partial charge in [-0.1, -0.05) is 48.5 Å². The molecule has 0 bridgehead atoms. The van der Waals surface area contributed by atoms with E-state index in [1.165, 1.54) is 10.7 Å². The molecule has 0 fully saturated rings. The summed E-state index contributed by atoms with van der Waals surface area (Å²) < 4.78 is 6.93. The number of carbonyl (C=O) groups excluding carboxylic acids is 2. The van der Waals surface area contributed by atoms with Crippen molar-refractivity contribution in [3.63, 3.8) is 0 Å². The fourth-order valence-corrected chi connectivity index (χ4v) is 4.29. The molecule has 0 radical (unpaired) electrons. The number of benzene rings is 2. The molecule has 0 saturated carbocycles. The Morgan fingerprint density at radius 3 is 2.26 bits per heavy atom. The van der Waals surface area contributed by atoms with Gasteiger partial charge in [0.15, 0.2) is 5.69 Å². The van der Waals surface area contributed by atoms with E-state index in [1.807, 2.05) is 36.4 Å². The van der Waals surface area contributed by atoms with Crippen molar-refractivity contribution in [3.05, 3.63) is 71.4 Å². The molecule has 2 amide bonds. The summed E-state index contributed by atoms with van der Waals surface area (Å²) in [7, 11) is 1.60. The first-order valence-electron chi connectivity index (χ1n) is 11.3. The topological polar surface area (TPSA) is 123 Å². The molecule has 0 atom stereocenters. The van der Waals surface area contributed by atoms with E-state index in [2.05, 4.69) is 27.9 Å². The largest absolute Gasteiger partial charge is 0.481 e. The van der Waals surface area contributed by atoms with Gasteiger partial charge in [-0.2, -0.15) is 5.10 Å². The fraction of sp³-hybridized carbons (Fsp3) is 0.308. The number of aryl methyl sites for hydroxylation is 1. The third-order valence-corrected chi connectivity index (χ3v) is 6.10. The number of aliphatic carboxylic acids is 1. The molecule has 4 rings (SSSR count). The van der Waals surface area contributed by atoms with Gasteiger partial charge in [-0.3, -0.25) is 19.6 Å². The number of ether oxygens (including phenoxy) is 1. The normalized spacial score (nSPS) is 12.5. The number of carbonyl (C=O) groups is 3. The highest BCUT2D eigenvalue weighted by Gasteiger charge is 2.29. The Labute approximate surface area is 203 Å². The number of hydrogen-bond donors (Lipinski definition) is 3. The number of nitrogens with zero attached hydrogens (tertiary/aromatic N) is 2. The average Bonchev–Trinajstić information content (AvgIpc) is 3.34. The van der Waals surface area contributed by atoms with Crippen LogP contribution in [0.1, 0.15) is 54.2 Å². The molecule has 182 valence electrons. The van der Waals surface area contributed by atoms with Crippen LogP contribution in [-0.4, -0.2) is 45.0 Å². The molecule has 35 heavy (non-hydrogen) atoms. The van der Waals surface area contributed by atoms with E-state index in [9.17, 15) is 14.4 Å². The fourth-order valence-electron chi connectivity index (χ4n) is 4.29. The lowest BCUT2D eigenvalue weighted by Gasteiger charge is -2.25. The number of amides is 2. The van der Waals surface area contributed by atoms with Crippen LogP contribution in [0.2, 0.25) is 0 Å². The molecule has 1 aliphatic carbocycles. The predicted octanol–water partition coefficient (Wildman–Crippen LogP) is 4.15. The second-order valence-corrected chi connectivity index (χ2v) is 9.22. The van der Waals surface area contributed by atoms with Crippen molar-refractivity contribution in [2.24, 2.45) is 7.05 Å². The minimum absolute atomic E-state index is 0.0611. The first-order valence-corrected chi connectivity index (χ1v) is 11.3. The van der Waals surface area contributed by atoms with Crippen LogP contribution in [0, 0.1) is 0 Å². The van der Waals surface area contributed by atoms with Gasteiger partial charge in [0, 0.05) is 31.0 Å². The third kappa shape index (κ3) is 5.34. The highest BCUT2D eigenvalue weighted by Crippen LogP contribution is 2.44. The maximum atomic E-state index is 12.6. The van der Waals surface area contributed by atoms with E-state index in [0.29, 0.717) is 5.82 Å². The molecule has 0 spiro atoms. The highest BCUT2D eigenvalue weighted by atomic mass is 16.5. The minimum atomic E-state index is -0.931. The summed E-state index contributed by atoms with van der Waals surface area (Å²) >= 11 is 0. The van der Waals surface area contributed by atoms with Crippen LogP contribution >= 0.6 is 0 Å². The second kappa shape index (κ2) is 9.61. The number of aromatic nitrogens is 2. The van der Waals surface area contributed by atoms with Crippen molar-refractivity contribution < 1.29 is 24.2 Å². The Morgan fingerprint density at radius 2 is 1.66 bits per heavy atom. The molecular formula is C26H28N4O5. The van der Waals surface area contributed by atoms with Crippen LogP contribution in [0.25, 0.3) is 11.1 Å². The maximum absolute atomic E-state index is 12.6. The van der Waals surface area contributed by atoms with E-state index >= 15 is 0 Å². The Balaban J connectivity index is 1.38. The van der Waals surface area contributed by atoms with Gasteiger partial charge in [0.25, 0.3) is 5.91 Å². The van der Waals surface area contributed by atoms with Gasteiger partial charge in [-0.15, -0.1) is 0 Å². The minimum Gasteiger partial charge on any atom is -0.481 e. The Morgan fingerprint density at radius 1 is 1.06 bits per heavy atom. The summed E-state index contributed by atoms with van der Waals surface area (Å²) in [6, 6.07) is 17.6. The maximum Gasteiger partial charge on any atom is 0.412 e. The van der Waals surface area contributed by atoms with Crippen LogP contribution in [0.3, 0.4) is 0 Å². The highest BCUT2D eigenvalue weighted by molar-refractivity contribution is 5.94. The van der Waals surface area contributed by atoms with Gasteiger partial charge < -0.3 is 15.2 Å². The molecule has 1 aromatic heterocycles. The molecule has 0 aliphatic heterocycles. The van der Waals surface area contributed by atoms with Gasteiger partial charge in [0.2, 0.25) is 0 Å². The number of carboxylic acids is 1. The van der Waals surface area contributed by atoms with Crippen LogP contribution in [0.5, 0.6) is 0 Å². The molecule has 0 saturated heterocycles. The molecule has 1 aliphatic rings. The van der Waals surface area contributed by atoms with Crippen LogP contribution in [-0.2, 0) is 16.6 Å². The second-order valence-electron chi connectivity index (χ2n) is 9.22. The van der Waals surface area contributed by atoms with E-state index in [1.54, 1.807) is 20.9 Å². The Hall–Kier alpha value is -4.14. The molecule has 9 heteroatoms. The lowest BCUT2D eigenvalue weighted by Crippen LogP contribution is -2.43. The Bertz CT molecular complexity index is 1230. The zero-order chi connectivity index (χ0) is 25.2. The van der Waals surface area contributed by atoms with E-state index < -0.39 is 23.5 Å². The van der Waals surface area contributed by atoms with Crippen molar-refractivity contribution >= 4 is 23.8 Å². The number of carboxylic acid groups (broad SMARTS) is 1. The lowest BCUT2D eigenvalue weighted by atomic mass is 9.98. The zero-order valence-corrected chi connectivity index (χ0v) is 19.9. The molecule has 2 aromatic carbocycles. The summed E-state index contributed by atoms with van der Waals surface area (Å²) in [5, 5.41) is 18.5. The van der Waals surface area contributed by atoms with Gasteiger partial charge in [-0.25, -0.2) is 4.79 Å². The Kier molecular flexibility index (Phi) is 6.59. The smallest absolute Gasteiger partial charge is 0.412 e. The van der Waals surface area contributed by atoms with Crippen molar-refractivity contribution in [2.45, 2.75) is 38.1 Å². The van der Waals surface area contributed by atoms with Crippen molar-refractivity contribution in [1.82, 2.24) is 15.1 Å². The SMILES string of the molecule is Cn1nc(C(=O)NC(C)(C)CCC(=O)O)cc1NC(=O)OCC1c2ccccc2-c2ccccc21. The molecule has 0 unspecified atom stereocenters. The third-order valence-electron chi connectivity index (χ3n) is 6.10. The van der Waals surface area contributed by atoms with Gasteiger partial charge >= 0.3 is 12.1 Å². The molecule has 3 N–H and O–H groups in total. The van der Waals surface area contributed by atoms with Gasteiger partial charge in [0.05, 0.1) is 0 Å². The lowest BCUT2D eigenvalue weighted by molar-refractivity contribution is -0.137. The van der Waals surface area contributed by atoms with E-state index in [4.69, 9.17) is 9.84 Å². The van der Waals surface area contributed by atoms with Crippen molar-refractivity contribution in [2.75, 3.05) is 11.9 Å². The molecular weight excluding hydrogens is 448 g/mol. The molecule has 9 nitrogen and oxygen atoms in total. The predicted molar refractivity (Wildman–Crippen MR) is 130 cm³/mol. The summed E-state index contributed by atoms with van der Waals surface area (Å²) in [6.45, 7) is 3.65. The first-order chi connectivity index (χ1) is 16.6. The van der Waals surface area contributed by atoms with Crippen LogP contribution in [0.15, 0.2) is 54.6 Å². The summed E-state index contributed by atoms with van der Waals surface area (Å²) in [6.07, 6.45) is -0.445. The van der Waals surface area contributed by atoms with E-state index in [0.717, 1.165) is 22.3 Å². The molecule has 1 heterocycles. The standard InChI is InChI=1S/C26H28N4O5/c1-26(2,13-12-23(31)32)28-24(33)21-14-22(30(3)29-21)27-25(34)35-15-20-18-10-6-4-8-16(18)17-9-5-7-11-19(17)20/h4-11,14,20H,12-13,15H2,1-3H3,(H,27,34)(H,28,33)(H,31,32). The van der Waals surface area contributed by atoms with Crippen LogP contribution in [0.4, 0.5) is 10.6 Å². The first kappa shape index (κ1) is 24.0. The van der Waals surface area contributed by atoms with Crippen molar-refractivity contribution in [1.29, 1.82) is 0 Å². The number of anilines is 1. The van der Waals surface area contributed by atoms with Gasteiger partial charge in [-0.05, 0) is 42.5 Å². The summed E-state index contributed by atoms with van der Waals surface area (Å²) in [5.74, 6) is -1.15. The average molecular weight is 477 g/mol. The van der Waals surface area contributed by atoms with Crippen LogP contribution < -0.4 is 10.6 Å². The van der Waals surface area contributed by atoms with Gasteiger partial charge in [0.1, 0.15) is 12.4 Å².